The lowest BCUT2D eigenvalue weighted by atomic mass is 10.2. The maximum Gasteiger partial charge on any atom is 0.142 e. The fourth-order valence-corrected chi connectivity index (χ4v) is 0.606. The maximum absolute atomic E-state index is 9.79. The average molecular weight is 148 g/mol. The van der Waals surface area contributed by atoms with Crippen LogP contribution >= 0.6 is 0 Å². The third-order valence-electron chi connectivity index (χ3n) is 1.13. The minimum absolute atomic E-state index is 0.756. The molecule has 1 heteroatoms. The molecule has 0 aliphatic rings. The molecule has 0 bridgehead atoms. The number of carbonyl (C=O) groups excluding carboxylic acids is 1. The Morgan fingerprint density at radius 3 is 2.73 bits per heavy atom. The highest BCUT2D eigenvalue weighted by Crippen LogP contribution is 1.94. The van der Waals surface area contributed by atoms with Gasteiger partial charge in [0.25, 0.3) is 0 Å². The Bertz CT molecular complexity index is 182. The number of terminal acetylenes is 1. The number of hydrogen-bond acceptors (Lipinski definition) is 1. The van der Waals surface area contributed by atoms with Crippen LogP contribution < -0.4 is 0 Å². The van der Waals surface area contributed by atoms with E-state index in [0.29, 0.717) is 0 Å². The van der Waals surface area contributed by atoms with Crippen LogP contribution in [0.2, 0.25) is 0 Å². The van der Waals surface area contributed by atoms with Crippen LogP contribution in [0.15, 0.2) is 24.3 Å². The summed E-state index contributed by atoms with van der Waals surface area (Å²) in [6.07, 6.45) is 15.6. The Kier molecular flexibility index (Phi) is 7.69. The Balaban J connectivity index is 3.24. The second-order valence-corrected chi connectivity index (χ2v) is 2.05. The number of rotatable bonds is 5. The van der Waals surface area contributed by atoms with E-state index in [1.54, 1.807) is 6.08 Å². The molecule has 0 atom stereocenters. The van der Waals surface area contributed by atoms with Gasteiger partial charge in [-0.1, -0.05) is 18.2 Å². The van der Waals surface area contributed by atoms with Crippen LogP contribution in [0.1, 0.15) is 19.3 Å². The molecule has 0 aliphatic carbocycles. The first-order chi connectivity index (χ1) is 5.41. The summed E-state index contributed by atoms with van der Waals surface area (Å²) in [6, 6.07) is 0. The van der Waals surface area contributed by atoms with E-state index < -0.39 is 0 Å². The molecule has 0 radical (unpaired) electrons. The Morgan fingerprint density at radius 1 is 1.27 bits per heavy atom. The quantitative estimate of drug-likeness (QED) is 0.192. The molecule has 0 spiro atoms. The summed E-state index contributed by atoms with van der Waals surface area (Å²) in [4.78, 5) is 9.79. The van der Waals surface area contributed by atoms with Gasteiger partial charge in [0.15, 0.2) is 0 Å². The van der Waals surface area contributed by atoms with Gasteiger partial charge in [0.05, 0.1) is 0 Å². The lowest BCUT2D eigenvalue weighted by Gasteiger charge is -1.84. The largest absolute Gasteiger partial charge is 0.299 e. The van der Waals surface area contributed by atoms with Gasteiger partial charge in [-0.2, -0.15) is 0 Å². The smallest absolute Gasteiger partial charge is 0.142 e. The molecule has 0 aromatic heterocycles. The standard InChI is InChI=1S/C10H12O/c1-2-3-4-5-6-7-8-9-10-11/h1,6-10H,3-5H2/b7-6+,9-8+. The molecule has 11 heavy (non-hydrogen) atoms. The minimum Gasteiger partial charge on any atom is -0.299 e. The summed E-state index contributed by atoms with van der Waals surface area (Å²) in [6.45, 7) is 0. The molecular formula is C10H12O. The van der Waals surface area contributed by atoms with Gasteiger partial charge in [-0.05, 0) is 18.9 Å². The van der Waals surface area contributed by atoms with Crippen molar-refractivity contribution in [3.05, 3.63) is 24.3 Å². The SMILES string of the molecule is C#CCCC/C=C/C=C/C=O. The molecule has 0 saturated carbocycles. The number of allylic oxidation sites excluding steroid dienone is 4. The predicted octanol–water partition coefficient (Wildman–Crippen LogP) is 2.10. The Morgan fingerprint density at radius 2 is 2.09 bits per heavy atom. The molecule has 0 aromatic rings. The van der Waals surface area contributed by atoms with Crippen molar-refractivity contribution >= 4 is 6.29 Å². The Labute approximate surface area is 67.8 Å². The van der Waals surface area contributed by atoms with Crippen molar-refractivity contribution < 1.29 is 4.79 Å². The van der Waals surface area contributed by atoms with Crippen molar-refractivity contribution in [1.29, 1.82) is 0 Å². The van der Waals surface area contributed by atoms with Gasteiger partial charge in [0.2, 0.25) is 0 Å². The summed E-state index contributed by atoms with van der Waals surface area (Å²) >= 11 is 0. The lowest BCUT2D eigenvalue weighted by Crippen LogP contribution is -1.67. The third-order valence-corrected chi connectivity index (χ3v) is 1.13. The summed E-state index contributed by atoms with van der Waals surface area (Å²) in [5, 5.41) is 0. The van der Waals surface area contributed by atoms with Crippen molar-refractivity contribution in [3.63, 3.8) is 0 Å². The summed E-state index contributed by atoms with van der Waals surface area (Å²) in [7, 11) is 0. The highest BCUT2D eigenvalue weighted by atomic mass is 16.1. The first-order valence-electron chi connectivity index (χ1n) is 3.62. The molecule has 0 aliphatic heterocycles. The normalized spacial score (nSPS) is 10.5. The van der Waals surface area contributed by atoms with Gasteiger partial charge < -0.3 is 0 Å². The molecule has 0 unspecified atom stereocenters. The van der Waals surface area contributed by atoms with Crippen LogP contribution in [0.4, 0.5) is 0 Å². The zero-order valence-corrected chi connectivity index (χ0v) is 6.49. The molecule has 0 saturated heterocycles. The van der Waals surface area contributed by atoms with Gasteiger partial charge in [-0.25, -0.2) is 0 Å². The zero-order chi connectivity index (χ0) is 8.36. The van der Waals surface area contributed by atoms with E-state index in [1.165, 1.54) is 6.08 Å². The van der Waals surface area contributed by atoms with Crippen molar-refractivity contribution in [2.24, 2.45) is 0 Å². The number of aldehydes is 1. The molecule has 0 heterocycles. The highest BCUT2D eigenvalue weighted by molar-refractivity contribution is 5.65. The van der Waals surface area contributed by atoms with Gasteiger partial charge in [0, 0.05) is 6.42 Å². The predicted molar refractivity (Wildman–Crippen MR) is 47.0 cm³/mol. The van der Waals surface area contributed by atoms with E-state index in [2.05, 4.69) is 5.92 Å². The molecule has 0 fully saturated rings. The van der Waals surface area contributed by atoms with Crippen LogP contribution in [0, 0.1) is 12.3 Å². The third kappa shape index (κ3) is 8.71. The van der Waals surface area contributed by atoms with Crippen molar-refractivity contribution in [2.45, 2.75) is 19.3 Å². The van der Waals surface area contributed by atoms with Crippen molar-refractivity contribution in [2.75, 3.05) is 0 Å². The summed E-state index contributed by atoms with van der Waals surface area (Å²) in [5.74, 6) is 2.56. The second-order valence-electron chi connectivity index (χ2n) is 2.05. The molecular weight excluding hydrogens is 136 g/mol. The molecule has 1 nitrogen and oxygen atoms in total. The average Bonchev–Trinajstić information content (AvgIpc) is 2.03. The fourth-order valence-electron chi connectivity index (χ4n) is 0.606. The first-order valence-corrected chi connectivity index (χ1v) is 3.62. The molecule has 0 amide bonds. The topological polar surface area (TPSA) is 17.1 Å². The molecule has 0 rings (SSSR count). The van der Waals surface area contributed by atoms with Crippen LogP contribution in [-0.2, 0) is 4.79 Å². The van der Waals surface area contributed by atoms with Gasteiger partial charge in [-0.15, -0.1) is 12.3 Å². The van der Waals surface area contributed by atoms with Gasteiger partial charge >= 0.3 is 0 Å². The van der Waals surface area contributed by atoms with E-state index in [9.17, 15) is 4.79 Å². The monoisotopic (exact) mass is 148 g/mol. The number of unbranched alkanes of at least 4 members (excludes halogenated alkanes) is 2. The molecule has 0 aromatic carbocycles. The van der Waals surface area contributed by atoms with Crippen LogP contribution in [0.5, 0.6) is 0 Å². The van der Waals surface area contributed by atoms with E-state index in [0.717, 1.165) is 25.5 Å². The van der Waals surface area contributed by atoms with E-state index in [4.69, 9.17) is 6.42 Å². The van der Waals surface area contributed by atoms with E-state index in [1.807, 2.05) is 12.2 Å². The lowest BCUT2D eigenvalue weighted by molar-refractivity contribution is -0.104. The minimum atomic E-state index is 0.756. The van der Waals surface area contributed by atoms with Crippen LogP contribution in [-0.4, -0.2) is 6.29 Å². The highest BCUT2D eigenvalue weighted by Gasteiger charge is 1.76. The van der Waals surface area contributed by atoms with Gasteiger partial charge in [0.1, 0.15) is 6.29 Å². The number of hydrogen-bond donors (Lipinski definition) is 0. The molecule has 0 N–H and O–H groups in total. The Hall–Kier alpha value is -1.29. The van der Waals surface area contributed by atoms with Gasteiger partial charge in [-0.3, -0.25) is 4.79 Å². The fraction of sp³-hybridized carbons (Fsp3) is 0.300. The number of carbonyl (C=O) groups is 1. The zero-order valence-electron chi connectivity index (χ0n) is 6.49. The van der Waals surface area contributed by atoms with Crippen LogP contribution in [0.25, 0.3) is 0 Å². The summed E-state index contributed by atoms with van der Waals surface area (Å²) in [5.41, 5.74) is 0. The maximum atomic E-state index is 9.79. The molecule has 58 valence electrons. The van der Waals surface area contributed by atoms with E-state index in [-0.39, 0.29) is 0 Å². The van der Waals surface area contributed by atoms with Crippen LogP contribution in [0.3, 0.4) is 0 Å². The summed E-state index contributed by atoms with van der Waals surface area (Å²) < 4.78 is 0. The van der Waals surface area contributed by atoms with E-state index >= 15 is 0 Å². The first kappa shape index (κ1) is 9.71. The van der Waals surface area contributed by atoms with Crippen molar-refractivity contribution in [3.8, 4) is 12.3 Å². The van der Waals surface area contributed by atoms with Crippen molar-refractivity contribution in [1.82, 2.24) is 0 Å². The second kappa shape index (κ2) is 8.71.